The Balaban J connectivity index is 2.41. The van der Waals surface area contributed by atoms with Crippen molar-refractivity contribution in [1.82, 2.24) is 0 Å². The maximum absolute atomic E-state index is 12.7. The third-order valence-electron chi connectivity index (χ3n) is 3.82. The highest BCUT2D eigenvalue weighted by molar-refractivity contribution is 7.92. The van der Waals surface area contributed by atoms with Crippen LogP contribution in [0.4, 0.5) is 11.4 Å². The van der Waals surface area contributed by atoms with Gasteiger partial charge in [0.2, 0.25) is 10.0 Å². The number of nitrogens with two attached hydrogens (primary N) is 1. The van der Waals surface area contributed by atoms with E-state index in [0.717, 1.165) is 43.2 Å². The molecule has 152 valence electrons. The van der Waals surface area contributed by atoms with Crippen LogP contribution >= 0.6 is 0 Å². The first kappa shape index (κ1) is 21.7. The second-order valence-corrected chi connectivity index (χ2v) is 9.21. The van der Waals surface area contributed by atoms with Gasteiger partial charge in [-0.05, 0) is 48.9 Å². The molecule has 0 heterocycles. The summed E-state index contributed by atoms with van der Waals surface area (Å²) < 4.78 is 50.9. The fourth-order valence-corrected chi connectivity index (χ4v) is 3.93. The molecule has 0 spiro atoms. The highest BCUT2D eigenvalue weighted by Gasteiger charge is 2.19. The Bertz CT molecular complexity index is 1060. The quantitative estimate of drug-likeness (QED) is 0.446. The third-order valence-corrected chi connectivity index (χ3v) is 6.11. The molecule has 28 heavy (non-hydrogen) atoms. The van der Waals surface area contributed by atoms with Gasteiger partial charge < -0.3 is 10.4 Å². The number of benzene rings is 2. The zero-order chi connectivity index (χ0) is 20.9. The molecule has 2 aromatic rings. The summed E-state index contributed by atoms with van der Waals surface area (Å²) in [6, 6.07) is 8.48. The van der Waals surface area contributed by atoms with E-state index in [1.807, 2.05) is 6.92 Å². The van der Waals surface area contributed by atoms with Crippen molar-refractivity contribution in [2.45, 2.75) is 29.6 Å². The van der Waals surface area contributed by atoms with E-state index >= 15 is 0 Å². The van der Waals surface area contributed by atoms with Crippen LogP contribution in [0.25, 0.3) is 0 Å². The summed E-state index contributed by atoms with van der Waals surface area (Å²) in [4.78, 5) is 10.5. The Morgan fingerprint density at radius 1 is 1.00 bits per heavy atom. The number of sulfonamides is 2. The zero-order valence-corrected chi connectivity index (χ0v) is 16.7. The monoisotopic (exact) mass is 427 g/mol. The van der Waals surface area contributed by atoms with Crippen LogP contribution < -0.4 is 15.2 Å². The Hall–Kier alpha value is -2.63. The molecule has 0 saturated carbocycles. The van der Waals surface area contributed by atoms with Gasteiger partial charge in [-0.3, -0.25) is 4.72 Å². The number of nitrogens with one attached hydrogen (secondary N) is 2. The lowest BCUT2D eigenvalue weighted by Crippen LogP contribution is -2.17. The van der Waals surface area contributed by atoms with E-state index in [1.165, 1.54) is 12.1 Å². The molecule has 0 aliphatic rings. The SMILES string of the molecule is CCCCNc1ccc(S(N)(=O)=O)cc1NS(=O)(=O)c1ccc(C(=O)O)cc1. The van der Waals surface area contributed by atoms with Crippen molar-refractivity contribution >= 4 is 37.4 Å². The molecule has 0 aliphatic carbocycles. The smallest absolute Gasteiger partial charge is 0.335 e. The number of aromatic carboxylic acids is 1. The minimum absolute atomic E-state index is 0.0185. The van der Waals surface area contributed by atoms with Gasteiger partial charge in [0, 0.05) is 6.54 Å². The molecule has 11 heteroatoms. The number of carboxylic acid groups (broad SMARTS) is 1. The lowest BCUT2D eigenvalue weighted by Gasteiger charge is -2.15. The lowest BCUT2D eigenvalue weighted by atomic mass is 10.2. The predicted molar refractivity (Wildman–Crippen MR) is 105 cm³/mol. The Morgan fingerprint density at radius 2 is 1.61 bits per heavy atom. The molecular weight excluding hydrogens is 406 g/mol. The molecule has 0 unspecified atom stereocenters. The zero-order valence-electron chi connectivity index (χ0n) is 15.0. The molecule has 9 nitrogen and oxygen atoms in total. The predicted octanol–water partition coefficient (Wildman–Crippen LogP) is 2.04. The van der Waals surface area contributed by atoms with E-state index in [-0.39, 0.29) is 21.0 Å². The summed E-state index contributed by atoms with van der Waals surface area (Å²) in [5.74, 6) is -1.18. The highest BCUT2D eigenvalue weighted by atomic mass is 32.2. The van der Waals surface area contributed by atoms with Crippen LogP contribution in [-0.4, -0.2) is 34.5 Å². The molecule has 0 fully saturated rings. The average molecular weight is 428 g/mol. The summed E-state index contributed by atoms with van der Waals surface area (Å²) in [5.41, 5.74) is 0.355. The number of hydrogen-bond acceptors (Lipinski definition) is 6. The minimum Gasteiger partial charge on any atom is -0.478 e. The standard InChI is InChI=1S/C17H21N3O6S2/c1-2-3-10-19-15-9-8-14(27(18,23)24)11-16(15)20-28(25,26)13-6-4-12(5-7-13)17(21)22/h4-9,11,19-20H,2-3,10H2,1H3,(H,21,22)(H2,18,23,24). The van der Waals surface area contributed by atoms with Gasteiger partial charge in [0.25, 0.3) is 10.0 Å². The minimum atomic E-state index is -4.09. The fraction of sp³-hybridized carbons (Fsp3) is 0.235. The summed E-state index contributed by atoms with van der Waals surface area (Å²) in [6.07, 6.45) is 1.75. The van der Waals surface area contributed by atoms with Crippen molar-refractivity contribution in [2.75, 3.05) is 16.6 Å². The Labute approximate surface area is 163 Å². The fourth-order valence-electron chi connectivity index (χ4n) is 2.32. The largest absolute Gasteiger partial charge is 0.478 e. The molecule has 0 bridgehead atoms. The summed E-state index contributed by atoms with van der Waals surface area (Å²) in [7, 11) is -8.12. The summed E-state index contributed by atoms with van der Waals surface area (Å²) in [6.45, 7) is 2.56. The Morgan fingerprint density at radius 3 is 2.14 bits per heavy atom. The third kappa shape index (κ3) is 5.44. The van der Waals surface area contributed by atoms with Gasteiger partial charge in [0.1, 0.15) is 0 Å². The average Bonchev–Trinajstić information content (AvgIpc) is 2.62. The van der Waals surface area contributed by atoms with Gasteiger partial charge in [-0.15, -0.1) is 0 Å². The number of rotatable bonds is 9. The molecule has 0 radical (unpaired) electrons. The summed E-state index contributed by atoms with van der Waals surface area (Å²) >= 11 is 0. The topological polar surface area (TPSA) is 156 Å². The van der Waals surface area contributed by atoms with Crippen LogP contribution in [0.15, 0.2) is 52.3 Å². The van der Waals surface area contributed by atoms with Crippen LogP contribution in [0.5, 0.6) is 0 Å². The van der Waals surface area contributed by atoms with Crippen LogP contribution in [0.1, 0.15) is 30.1 Å². The van der Waals surface area contributed by atoms with Crippen molar-refractivity contribution in [3.8, 4) is 0 Å². The van der Waals surface area contributed by atoms with Gasteiger partial charge in [-0.2, -0.15) is 0 Å². The number of hydrogen-bond donors (Lipinski definition) is 4. The first-order valence-corrected chi connectivity index (χ1v) is 11.3. The van der Waals surface area contributed by atoms with Gasteiger partial charge in [-0.25, -0.2) is 26.8 Å². The molecule has 0 saturated heterocycles. The second-order valence-electron chi connectivity index (χ2n) is 5.97. The molecule has 0 atom stereocenters. The Kier molecular flexibility index (Phi) is 6.65. The molecular formula is C17H21N3O6S2. The maximum Gasteiger partial charge on any atom is 0.335 e. The van der Waals surface area contributed by atoms with E-state index in [0.29, 0.717) is 12.2 Å². The van der Waals surface area contributed by atoms with Gasteiger partial charge in [0.15, 0.2) is 0 Å². The van der Waals surface area contributed by atoms with Crippen molar-refractivity contribution in [1.29, 1.82) is 0 Å². The molecule has 0 amide bonds. The maximum atomic E-state index is 12.7. The van der Waals surface area contributed by atoms with Crippen LogP contribution in [0, 0.1) is 0 Å². The van der Waals surface area contributed by atoms with E-state index in [1.54, 1.807) is 0 Å². The summed E-state index contributed by atoms with van der Waals surface area (Å²) in [5, 5.41) is 17.1. The number of unbranched alkanes of at least 4 members (excludes halogenated alkanes) is 1. The van der Waals surface area contributed by atoms with Crippen molar-refractivity contribution in [2.24, 2.45) is 5.14 Å². The van der Waals surface area contributed by atoms with E-state index < -0.39 is 26.0 Å². The lowest BCUT2D eigenvalue weighted by molar-refractivity contribution is 0.0696. The molecule has 0 aliphatic heterocycles. The molecule has 0 aromatic heterocycles. The number of carboxylic acids is 1. The second kappa shape index (κ2) is 8.59. The first-order chi connectivity index (χ1) is 13.0. The van der Waals surface area contributed by atoms with Crippen molar-refractivity contribution in [3.63, 3.8) is 0 Å². The van der Waals surface area contributed by atoms with Gasteiger partial charge in [-0.1, -0.05) is 13.3 Å². The number of primary sulfonamides is 1. The van der Waals surface area contributed by atoms with E-state index in [9.17, 15) is 21.6 Å². The number of carbonyl (C=O) groups is 1. The van der Waals surface area contributed by atoms with Crippen molar-refractivity contribution in [3.05, 3.63) is 48.0 Å². The highest BCUT2D eigenvalue weighted by Crippen LogP contribution is 2.28. The van der Waals surface area contributed by atoms with Crippen molar-refractivity contribution < 1.29 is 26.7 Å². The van der Waals surface area contributed by atoms with Crippen LogP contribution in [0.2, 0.25) is 0 Å². The first-order valence-electron chi connectivity index (χ1n) is 8.31. The number of anilines is 2. The molecule has 2 rings (SSSR count). The normalized spacial score (nSPS) is 11.8. The van der Waals surface area contributed by atoms with E-state index in [2.05, 4.69) is 10.0 Å². The van der Waals surface area contributed by atoms with E-state index in [4.69, 9.17) is 10.2 Å². The van der Waals surface area contributed by atoms with Crippen LogP contribution in [0.3, 0.4) is 0 Å². The van der Waals surface area contributed by atoms with Gasteiger partial charge in [0.05, 0.1) is 26.7 Å². The van der Waals surface area contributed by atoms with Gasteiger partial charge >= 0.3 is 5.97 Å². The molecule has 5 N–H and O–H groups in total. The van der Waals surface area contributed by atoms with Crippen LogP contribution in [-0.2, 0) is 20.0 Å². The molecule has 2 aromatic carbocycles.